The van der Waals surface area contributed by atoms with E-state index < -0.39 is 0 Å². The van der Waals surface area contributed by atoms with Crippen molar-refractivity contribution in [3.05, 3.63) is 75.9 Å². The van der Waals surface area contributed by atoms with Crippen LogP contribution in [0.4, 0.5) is 0 Å². The molecule has 0 fully saturated rings. The lowest BCUT2D eigenvalue weighted by atomic mass is 9.65. The van der Waals surface area contributed by atoms with Crippen LogP contribution in [0.5, 0.6) is 0 Å². The molecule has 0 aliphatic carbocycles. The molecule has 126 valence electrons. The first kappa shape index (κ1) is 16.5. The molecule has 0 bridgehead atoms. The van der Waals surface area contributed by atoms with Crippen LogP contribution in [0.1, 0.15) is 44.4 Å². The number of nitrogens with zero attached hydrogens (tertiary/aromatic N) is 2. The van der Waals surface area contributed by atoms with Gasteiger partial charge in [-0.2, -0.15) is 0 Å². The quantitative estimate of drug-likeness (QED) is 0.505. The molecule has 3 heteroatoms. The van der Waals surface area contributed by atoms with Gasteiger partial charge in [0, 0.05) is 32.6 Å². The molecule has 2 heterocycles. The van der Waals surface area contributed by atoms with Crippen molar-refractivity contribution in [2.75, 3.05) is 0 Å². The molecule has 0 saturated heterocycles. The molecule has 0 N–H and O–H groups in total. The van der Waals surface area contributed by atoms with E-state index in [0.717, 1.165) is 26.7 Å². The number of hydrogen-bond donors (Lipinski definition) is 0. The summed E-state index contributed by atoms with van der Waals surface area (Å²) >= 11 is 3.78. The average molecular weight is 393 g/mol. The van der Waals surface area contributed by atoms with Crippen molar-refractivity contribution in [1.29, 1.82) is 0 Å². The van der Waals surface area contributed by atoms with Gasteiger partial charge in [0.25, 0.3) is 0 Å². The molecule has 1 aliphatic heterocycles. The monoisotopic (exact) mass is 392 g/mol. The molecular weight excluding hydrogens is 372 g/mol. The summed E-state index contributed by atoms with van der Waals surface area (Å²) in [5, 5.41) is 1.14. The Morgan fingerprint density at radius 1 is 0.920 bits per heavy atom. The van der Waals surface area contributed by atoms with Crippen LogP contribution in [-0.2, 0) is 5.41 Å². The van der Waals surface area contributed by atoms with E-state index >= 15 is 0 Å². The summed E-state index contributed by atoms with van der Waals surface area (Å²) in [6.07, 6.45) is 1.83. The standard InChI is InChI=1S/C22H21BrN2/c1-21(2)19-16(8-5-9-17(19)23)20(25-22(21,3)4)15-10-11-18-14(13-15)7-6-12-24-18/h5-13H,1-4H3. The largest absolute Gasteiger partial charge is 0.277 e. The number of aliphatic imine (C=N–C) groups is 1. The lowest BCUT2D eigenvalue weighted by molar-refractivity contribution is 0.302. The molecule has 0 saturated carbocycles. The number of benzene rings is 2. The maximum atomic E-state index is 5.20. The third kappa shape index (κ3) is 2.44. The third-order valence-corrected chi connectivity index (χ3v) is 6.35. The molecule has 2 nitrogen and oxygen atoms in total. The number of aromatic nitrogens is 1. The zero-order chi connectivity index (χ0) is 17.8. The van der Waals surface area contributed by atoms with Gasteiger partial charge in [0.15, 0.2) is 0 Å². The molecule has 0 unspecified atom stereocenters. The summed E-state index contributed by atoms with van der Waals surface area (Å²) in [6, 6.07) is 16.9. The van der Waals surface area contributed by atoms with Crippen molar-refractivity contribution in [3.63, 3.8) is 0 Å². The van der Waals surface area contributed by atoms with E-state index in [1.165, 1.54) is 11.1 Å². The van der Waals surface area contributed by atoms with Crippen LogP contribution >= 0.6 is 15.9 Å². The molecule has 0 radical (unpaired) electrons. The summed E-state index contributed by atoms with van der Waals surface area (Å²) in [5.74, 6) is 0. The first-order valence-electron chi connectivity index (χ1n) is 8.56. The normalized spacial score (nSPS) is 17.9. The minimum atomic E-state index is -0.205. The lowest BCUT2D eigenvalue weighted by Crippen LogP contribution is -2.46. The number of pyridine rings is 1. The van der Waals surface area contributed by atoms with Gasteiger partial charge in [-0.3, -0.25) is 9.98 Å². The van der Waals surface area contributed by atoms with Gasteiger partial charge in [-0.25, -0.2) is 0 Å². The van der Waals surface area contributed by atoms with E-state index in [-0.39, 0.29) is 11.0 Å². The van der Waals surface area contributed by atoms with Crippen molar-refractivity contribution in [3.8, 4) is 0 Å². The Morgan fingerprint density at radius 3 is 2.52 bits per heavy atom. The van der Waals surface area contributed by atoms with Gasteiger partial charge in [-0.05, 0) is 43.7 Å². The first-order valence-corrected chi connectivity index (χ1v) is 9.35. The second kappa shape index (κ2) is 5.50. The highest BCUT2D eigenvalue weighted by molar-refractivity contribution is 9.10. The fourth-order valence-electron chi connectivity index (χ4n) is 3.59. The molecule has 0 amide bonds. The van der Waals surface area contributed by atoms with Crippen molar-refractivity contribution >= 4 is 32.5 Å². The Kier molecular flexibility index (Phi) is 3.62. The van der Waals surface area contributed by atoms with Crippen LogP contribution < -0.4 is 0 Å². The Morgan fingerprint density at radius 2 is 1.72 bits per heavy atom. The SMILES string of the molecule is CC1(C)N=C(c2ccc3ncccc3c2)c2cccc(Br)c2C1(C)C. The zero-order valence-corrected chi connectivity index (χ0v) is 16.6. The first-order chi connectivity index (χ1) is 11.8. The highest BCUT2D eigenvalue weighted by Gasteiger charge is 2.44. The van der Waals surface area contributed by atoms with Crippen LogP contribution in [-0.4, -0.2) is 16.2 Å². The maximum absolute atomic E-state index is 5.20. The topological polar surface area (TPSA) is 25.2 Å². The molecule has 1 aromatic heterocycles. The van der Waals surface area contributed by atoms with Gasteiger partial charge in [-0.15, -0.1) is 0 Å². The van der Waals surface area contributed by atoms with E-state index in [4.69, 9.17) is 4.99 Å². The van der Waals surface area contributed by atoms with E-state index in [2.05, 4.69) is 91.1 Å². The van der Waals surface area contributed by atoms with E-state index in [0.29, 0.717) is 0 Å². The zero-order valence-electron chi connectivity index (χ0n) is 15.0. The minimum absolute atomic E-state index is 0.0651. The van der Waals surface area contributed by atoms with Gasteiger partial charge >= 0.3 is 0 Å². The molecule has 4 rings (SSSR count). The van der Waals surface area contributed by atoms with Gasteiger partial charge in [0.05, 0.1) is 16.8 Å². The van der Waals surface area contributed by atoms with Crippen molar-refractivity contribution in [1.82, 2.24) is 4.98 Å². The Balaban J connectivity index is 2.00. The van der Waals surface area contributed by atoms with Crippen LogP contribution in [0.2, 0.25) is 0 Å². The van der Waals surface area contributed by atoms with Gasteiger partial charge in [-0.1, -0.05) is 54.0 Å². The third-order valence-electron chi connectivity index (χ3n) is 5.69. The summed E-state index contributed by atoms with van der Waals surface area (Å²) in [7, 11) is 0. The highest BCUT2D eigenvalue weighted by atomic mass is 79.9. The number of rotatable bonds is 1. The number of halogens is 1. The molecule has 0 spiro atoms. The average Bonchev–Trinajstić information content (AvgIpc) is 2.58. The van der Waals surface area contributed by atoms with E-state index in [1.54, 1.807) is 0 Å². The van der Waals surface area contributed by atoms with Gasteiger partial charge < -0.3 is 0 Å². The summed E-state index contributed by atoms with van der Waals surface area (Å²) in [4.78, 5) is 9.63. The second-order valence-corrected chi connectivity index (χ2v) is 8.57. The predicted octanol–water partition coefficient (Wildman–Crippen LogP) is 5.90. The minimum Gasteiger partial charge on any atom is -0.277 e. The van der Waals surface area contributed by atoms with Crippen molar-refractivity contribution < 1.29 is 0 Å². The van der Waals surface area contributed by atoms with Crippen LogP contribution in [0.3, 0.4) is 0 Å². The fourth-order valence-corrected chi connectivity index (χ4v) is 4.45. The van der Waals surface area contributed by atoms with Crippen LogP contribution in [0.15, 0.2) is 64.2 Å². The molecular formula is C22H21BrN2. The smallest absolute Gasteiger partial charge is 0.0729 e. The molecule has 2 aromatic carbocycles. The summed E-state index contributed by atoms with van der Waals surface area (Å²) in [6.45, 7) is 9.00. The van der Waals surface area contributed by atoms with Gasteiger partial charge in [0.2, 0.25) is 0 Å². The summed E-state index contributed by atoms with van der Waals surface area (Å²) < 4.78 is 1.15. The van der Waals surface area contributed by atoms with Gasteiger partial charge in [0.1, 0.15) is 0 Å². The van der Waals surface area contributed by atoms with Crippen molar-refractivity contribution in [2.45, 2.75) is 38.6 Å². The predicted molar refractivity (Wildman–Crippen MR) is 109 cm³/mol. The lowest BCUT2D eigenvalue weighted by Gasteiger charge is -2.45. The molecule has 25 heavy (non-hydrogen) atoms. The summed E-state index contributed by atoms with van der Waals surface area (Å²) in [5.41, 5.74) is 5.48. The number of fused-ring (bicyclic) bond motifs is 2. The Hall–Kier alpha value is -2.00. The fraction of sp³-hybridized carbons (Fsp3) is 0.273. The van der Waals surface area contributed by atoms with Crippen LogP contribution in [0, 0.1) is 0 Å². The maximum Gasteiger partial charge on any atom is 0.0729 e. The molecule has 0 atom stereocenters. The van der Waals surface area contributed by atoms with E-state index in [9.17, 15) is 0 Å². The van der Waals surface area contributed by atoms with Crippen LogP contribution in [0.25, 0.3) is 10.9 Å². The Labute approximate surface area is 157 Å². The molecule has 3 aromatic rings. The molecule has 1 aliphatic rings. The highest BCUT2D eigenvalue weighted by Crippen LogP contribution is 2.46. The van der Waals surface area contributed by atoms with E-state index in [1.807, 2.05) is 12.3 Å². The number of hydrogen-bond acceptors (Lipinski definition) is 2. The second-order valence-electron chi connectivity index (χ2n) is 7.72. The Bertz CT molecular complexity index is 1020. The van der Waals surface area contributed by atoms with Crippen molar-refractivity contribution in [2.24, 2.45) is 4.99 Å².